The first-order valence-corrected chi connectivity index (χ1v) is 11.1. The van der Waals surface area contributed by atoms with Crippen molar-refractivity contribution >= 4 is 22.4 Å². The second kappa shape index (κ2) is 8.96. The van der Waals surface area contributed by atoms with Gasteiger partial charge in [-0.3, -0.25) is 4.90 Å². The SMILES string of the molecule is Cc1nc(CC2CCCC2)sc1N(Cc1cccc(C#N)c1)C(=O)NC(C)(C)C. The molecular weight excluding hydrogens is 380 g/mol. The van der Waals surface area contributed by atoms with Gasteiger partial charge in [-0.25, -0.2) is 9.78 Å². The van der Waals surface area contributed by atoms with Crippen molar-refractivity contribution in [3.63, 3.8) is 0 Å². The van der Waals surface area contributed by atoms with Gasteiger partial charge in [0, 0.05) is 12.0 Å². The number of aromatic nitrogens is 1. The molecule has 0 atom stereocenters. The van der Waals surface area contributed by atoms with Crippen LogP contribution in [0.25, 0.3) is 0 Å². The predicted octanol–water partition coefficient (Wildman–Crippen LogP) is 5.57. The molecule has 154 valence electrons. The topological polar surface area (TPSA) is 69.0 Å². The van der Waals surface area contributed by atoms with Crippen LogP contribution in [0.4, 0.5) is 9.80 Å². The molecule has 1 heterocycles. The van der Waals surface area contributed by atoms with Crippen LogP contribution in [0.15, 0.2) is 24.3 Å². The van der Waals surface area contributed by atoms with Gasteiger partial charge in [0.05, 0.1) is 28.9 Å². The Labute approximate surface area is 177 Å². The third kappa shape index (κ3) is 5.80. The number of carbonyl (C=O) groups excluding carboxylic acids is 1. The summed E-state index contributed by atoms with van der Waals surface area (Å²) >= 11 is 1.63. The molecule has 0 aliphatic heterocycles. The van der Waals surface area contributed by atoms with Crippen molar-refractivity contribution in [1.29, 1.82) is 5.26 Å². The highest BCUT2D eigenvalue weighted by Crippen LogP contribution is 2.34. The number of benzene rings is 1. The number of nitrogens with one attached hydrogen (secondary N) is 1. The Hall–Kier alpha value is -2.39. The molecule has 29 heavy (non-hydrogen) atoms. The third-order valence-electron chi connectivity index (χ3n) is 5.12. The van der Waals surface area contributed by atoms with E-state index in [1.54, 1.807) is 22.3 Å². The van der Waals surface area contributed by atoms with Gasteiger partial charge in [-0.05, 0) is 51.3 Å². The summed E-state index contributed by atoms with van der Waals surface area (Å²) in [5, 5.41) is 14.3. The van der Waals surface area contributed by atoms with Crippen LogP contribution in [0, 0.1) is 24.2 Å². The minimum absolute atomic E-state index is 0.140. The van der Waals surface area contributed by atoms with E-state index in [1.807, 2.05) is 45.9 Å². The van der Waals surface area contributed by atoms with E-state index in [9.17, 15) is 10.1 Å². The Bertz CT molecular complexity index is 900. The molecule has 1 N–H and O–H groups in total. The first-order chi connectivity index (χ1) is 13.7. The van der Waals surface area contributed by atoms with Crippen molar-refractivity contribution in [1.82, 2.24) is 10.3 Å². The molecular formula is C23H30N4OS. The average molecular weight is 411 g/mol. The molecule has 1 aliphatic carbocycles. The number of anilines is 1. The van der Waals surface area contributed by atoms with Crippen LogP contribution in [-0.2, 0) is 13.0 Å². The van der Waals surface area contributed by atoms with Gasteiger partial charge >= 0.3 is 6.03 Å². The van der Waals surface area contributed by atoms with Gasteiger partial charge in [0.2, 0.25) is 0 Å². The van der Waals surface area contributed by atoms with Crippen molar-refractivity contribution in [2.45, 2.75) is 71.9 Å². The molecule has 1 fully saturated rings. The molecule has 5 nitrogen and oxygen atoms in total. The Kier molecular flexibility index (Phi) is 6.59. The van der Waals surface area contributed by atoms with E-state index >= 15 is 0 Å². The number of thiazole rings is 1. The molecule has 0 unspecified atom stereocenters. The van der Waals surface area contributed by atoms with Crippen molar-refractivity contribution in [3.8, 4) is 6.07 Å². The Morgan fingerprint density at radius 1 is 1.34 bits per heavy atom. The summed E-state index contributed by atoms with van der Waals surface area (Å²) in [7, 11) is 0. The summed E-state index contributed by atoms with van der Waals surface area (Å²) in [6.07, 6.45) is 6.20. The van der Waals surface area contributed by atoms with Crippen LogP contribution in [0.1, 0.15) is 68.3 Å². The highest BCUT2D eigenvalue weighted by atomic mass is 32.1. The monoisotopic (exact) mass is 410 g/mol. The number of hydrogen-bond acceptors (Lipinski definition) is 4. The minimum atomic E-state index is -0.338. The standard InChI is InChI=1S/C23H30N4OS/c1-16-21(29-20(25-16)13-17-8-5-6-9-17)27(22(28)26-23(2,3)4)15-19-11-7-10-18(12-19)14-24/h7,10-12,17H,5-6,8-9,13,15H2,1-4H3,(H,26,28). The van der Waals surface area contributed by atoms with Gasteiger partial charge in [-0.15, -0.1) is 11.3 Å². The number of nitrogens with zero attached hydrogens (tertiary/aromatic N) is 3. The van der Waals surface area contributed by atoms with Crippen molar-refractivity contribution in [3.05, 3.63) is 46.1 Å². The zero-order valence-electron chi connectivity index (χ0n) is 17.8. The van der Waals surface area contributed by atoms with Crippen molar-refractivity contribution in [2.75, 3.05) is 4.90 Å². The summed E-state index contributed by atoms with van der Waals surface area (Å²) in [6.45, 7) is 8.32. The smallest absolute Gasteiger partial charge is 0.323 e. The van der Waals surface area contributed by atoms with Crippen LogP contribution in [0.3, 0.4) is 0 Å². The van der Waals surface area contributed by atoms with E-state index < -0.39 is 0 Å². The fraction of sp³-hybridized carbons (Fsp3) is 0.522. The molecule has 1 saturated carbocycles. The first kappa shape index (κ1) is 21.3. The summed E-state index contributed by atoms with van der Waals surface area (Å²) < 4.78 is 0. The van der Waals surface area contributed by atoms with Crippen LogP contribution in [0.2, 0.25) is 0 Å². The Morgan fingerprint density at radius 2 is 2.07 bits per heavy atom. The van der Waals surface area contributed by atoms with E-state index in [4.69, 9.17) is 4.98 Å². The van der Waals surface area contributed by atoms with E-state index in [2.05, 4.69) is 11.4 Å². The number of urea groups is 1. The third-order valence-corrected chi connectivity index (χ3v) is 6.33. The fourth-order valence-electron chi connectivity index (χ4n) is 3.79. The second-order valence-electron chi connectivity index (χ2n) is 8.93. The number of aryl methyl sites for hydroxylation is 1. The summed E-state index contributed by atoms with van der Waals surface area (Å²) in [6, 6.07) is 9.47. The second-order valence-corrected chi connectivity index (χ2v) is 9.99. The van der Waals surface area contributed by atoms with Crippen molar-refractivity contribution < 1.29 is 4.79 Å². The number of amides is 2. The van der Waals surface area contributed by atoms with E-state index in [-0.39, 0.29) is 11.6 Å². The zero-order valence-corrected chi connectivity index (χ0v) is 18.6. The average Bonchev–Trinajstić information content (AvgIpc) is 3.28. The predicted molar refractivity (Wildman–Crippen MR) is 118 cm³/mol. The molecule has 6 heteroatoms. The van der Waals surface area contributed by atoms with Crippen LogP contribution < -0.4 is 10.2 Å². The quantitative estimate of drug-likeness (QED) is 0.700. The molecule has 2 aromatic rings. The molecule has 2 amide bonds. The highest BCUT2D eigenvalue weighted by molar-refractivity contribution is 7.16. The van der Waals surface area contributed by atoms with Crippen LogP contribution in [-0.4, -0.2) is 16.6 Å². The lowest BCUT2D eigenvalue weighted by atomic mass is 10.1. The summed E-state index contributed by atoms with van der Waals surface area (Å²) in [4.78, 5) is 19.7. The Morgan fingerprint density at radius 3 is 2.72 bits per heavy atom. The maximum absolute atomic E-state index is 13.2. The van der Waals surface area contributed by atoms with E-state index in [0.717, 1.165) is 33.6 Å². The zero-order chi connectivity index (χ0) is 21.0. The van der Waals surface area contributed by atoms with Crippen molar-refractivity contribution in [2.24, 2.45) is 5.92 Å². The lowest BCUT2D eigenvalue weighted by Crippen LogP contribution is -2.48. The van der Waals surface area contributed by atoms with E-state index in [1.165, 1.54) is 25.7 Å². The number of nitriles is 1. The summed E-state index contributed by atoms with van der Waals surface area (Å²) in [5.74, 6) is 0.720. The number of hydrogen-bond donors (Lipinski definition) is 1. The first-order valence-electron chi connectivity index (χ1n) is 10.3. The minimum Gasteiger partial charge on any atom is -0.333 e. The lowest BCUT2D eigenvalue weighted by molar-refractivity contribution is 0.237. The van der Waals surface area contributed by atoms with Gasteiger partial charge < -0.3 is 5.32 Å². The maximum atomic E-state index is 13.2. The molecule has 1 aromatic heterocycles. The molecule has 0 spiro atoms. The van der Waals surface area contributed by atoms with Gasteiger partial charge in [-0.1, -0.05) is 37.8 Å². The van der Waals surface area contributed by atoms with Gasteiger partial charge in [-0.2, -0.15) is 5.26 Å². The largest absolute Gasteiger partial charge is 0.333 e. The van der Waals surface area contributed by atoms with Gasteiger partial charge in [0.1, 0.15) is 5.00 Å². The molecule has 0 bridgehead atoms. The van der Waals surface area contributed by atoms with Crippen LogP contribution in [0.5, 0.6) is 0 Å². The van der Waals surface area contributed by atoms with Crippen LogP contribution >= 0.6 is 11.3 Å². The van der Waals surface area contributed by atoms with Gasteiger partial charge in [0.15, 0.2) is 0 Å². The number of carbonyl (C=O) groups is 1. The maximum Gasteiger partial charge on any atom is 0.323 e. The highest BCUT2D eigenvalue weighted by Gasteiger charge is 2.26. The molecule has 1 aliphatic rings. The molecule has 0 radical (unpaired) electrons. The van der Waals surface area contributed by atoms with Gasteiger partial charge in [0.25, 0.3) is 0 Å². The van der Waals surface area contributed by atoms with E-state index in [0.29, 0.717) is 12.1 Å². The Balaban J connectivity index is 1.88. The summed E-state index contributed by atoms with van der Waals surface area (Å²) in [5.41, 5.74) is 2.08. The molecule has 1 aromatic carbocycles. The normalized spacial score (nSPS) is 14.6. The lowest BCUT2D eigenvalue weighted by Gasteiger charge is -2.28. The molecule has 0 saturated heterocycles. The molecule has 3 rings (SSSR count). The number of rotatable bonds is 5. The fourth-order valence-corrected chi connectivity index (χ4v) is 4.96.